The number of hydrogen-bond acceptors (Lipinski definition) is 4. The predicted molar refractivity (Wildman–Crippen MR) is 67.3 cm³/mol. The molecule has 0 radical (unpaired) electrons. The van der Waals surface area contributed by atoms with E-state index in [4.69, 9.17) is 11.6 Å². The molecular formula is C11H15ClN4O2. The second-order valence-corrected chi connectivity index (χ2v) is 4.18. The van der Waals surface area contributed by atoms with E-state index in [1.807, 2.05) is 6.92 Å². The minimum atomic E-state index is -0.611. The third kappa shape index (κ3) is 3.66. The van der Waals surface area contributed by atoms with E-state index in [0.29, 0.717) is 6.54 Å². The SMILES string of the molecule is CCN(C)C(=O)C(C)NC(=O)c1ccc(Cl)nn1. The monoisotopic (exact) mass is 270 g/mol. The van der Waals surface area contributed by atoms with Crippen LogP contribution in [-0.2, 0) is 4.79 Å². The zero-order valence-electron chi connectivity index (χ0n) is 10.5. The summed E-state index contributed by atoms with van der Waals surface area (Å²) in [5.74, 6) is -0.614. The Balaban J connectivity index is 2.65. The number of hydrogen-bond donors (Lipinski definition) is 1. The fraction of sp³-hybridized carbons (Fsp3) is 0.455. The van der Waals surface area contributed by atoms with Crippen LogP contribution in [0.25, 0.3) is 0 Å². The second kappa shape index (κ2) is 6.30. The molecule has 1 aromatic heterocycles. The Kier molecular flexibility index (Phi) is 5.03. The molecule has 1 atom stereocenters. The van der Waals surface area contributed by atoms with Crippen molar-refractivity contribution in [2.24, 2.45) is 0 Å². The quantitative estimate of drug-likeness (QED) is 0.875. The lowest BCUT2D eigenvalue weighted by Crippen LogP contribution is -2.45. The highest BCUT2D eigenvalue weighted by molar-refractivity contribution is 6.29. The third-order valence-electron chi connectivity index (χ3n) is 2.43. The van der Waals surface area contributed by atoms with E-state index < -0.39 is 11.9 Å². The first-order valence-corrected chi connectivity index (χ1v) is 5.88. The molecule has 0 aliphatic heterocycles. The van der Waals surface area contributed by atoms with E-state index in [2.05, 4.69) is 15.5 Å². The number of nitrogens with one attached hydrogen (secondary N) is 1. The fourth-order valence-electron chi connectivity index (χ4n) is 1.26. The Morgan fingerprint density at radius 3 is 2.61 bits per heavy atom. The highest BCUT2D eigenvalue weighted by atomic mass is 35.5. The molecule has 7 heteroatoms. The van der Waals surface area contributed by atoms with Gasteiger partial charge < -0.3 is 10.2 Å². The Bertz CT molecular complexity index is 435. The summed E-state index contributed by atoms with van der Waals surface area (Å²) < 4.78 is 0. The molecule has 1 heterocycles. The molecule has 1 N–H and O–H groups in total. The Morgan fingerprint density at radius 1 is 1.44 bits per heavy atom. The summed E-state index contributed by atoms with van der Waals surface area (Å²) >= 11 is 5.57. The van der Waals surface area contributed by atoms with E-state index in [1.54, 1.807) is 14.0 Å². The molecular weight excluding hydrogens is 256 g/mol. The van der Waals surface area contributed by atoms with Crippen molar-refractivity contribution >= 4 is 23.4 Å². The number of carbonyl (C=O) groups is 2. The molecule has 1 unspecified atom stereocenters. The van der Waals surface area contributed by atoms with Gasteiger partial charge in [0.25, 0.3) is 5.91 Å². The van der Waals surface area contributed by atoms with Crippen molar-refractivity contribution in [3.8, 4) is 0 Å². The molecule has 0 fully saturated rings. The molecule has 6 nitrogen and oxygen atoms in total. The summed E-state index contributed by atoms with van der Waals surface area (Å²) in [6.45, 7) is 4.06. The number of aromatic nitrogens is 2. The second-order valence-electron chi connectivity index (χ2n) is 3.79. The molecule has 0 bridgehead atoms. The molecule has 0 spiro atoms. The van der Waals surface area contributed by atoms with Crippen LogP contribution >= 0.6 is 11.6 Å². The van der Waals surface area contributed by atoms with Crippen LogP contribution < -0.4 is 5.32 Å². The van der Waals surface area contributed by atoms with Crippen LogP contribution in [0.15, 0.2) is 12.1 Å². The van der Waals surface area contributed by atoms with Gasteiger partial charge in [-0.3, -0.25) is 9.59 Å². The van der Waals surface area contributed by atoms with Crippen LogP contribution in [0.5, 0.6) is 0 Å². The summed E-state index contributed by atoms with van der Waals surface area (Å²) in [6.07, 6.45) is 0. The van der Waals surface area contributed by atoms with Gasteiger partial charge in [0.05, 0.1) is 0 Å². The predicted octanol–water partition coefficient (Wildman–Crippen LogP) is 0.727. The van der Waals surface area contributed by atoms with E-state index >= 15 is 0 Å². The molecule has 0 saturated carbocycles. The Labute approximate surface area is 110 Å². The van der Waals surface area contributed by atoms with Crippen LogP contribution in [0.4, 0.5) is 0 Å². The van der Waals surface area contributed by atoms with Gasteiger partial charge in [0.1, 0.15) is 6.04 Å². The minimum Gasteiger partial charge on any atom is -0.344 e. The molecule has 18 heavy (non-hydrogen) atoms. The molecule has 0 aliphatic carbocycles. The summed E-state index contributed by atoms with van der Waals surface area (Å²) in [5.41, 5.74) is 0.123. The van der Waals surface area contributed by atoms with Crippen LogP contribution in [-0.4, -0.2) is 46.5 Å². The zero-order valence-corrected chi connectivity index (χ0v) is 11.2. The van der Waals surface area contributed by atoms with Gasteiger partial charge in [0, 0.05) is 13.6 Å². The number of nitrogens with zero attached hydrogens (tertiary/aromatic N) is 3. The molecule has 2 amide bonds. The summed E-state index contributed by atoms with van der Waals surface area (Å²) in [6, 6.07) is 2.31. The molecule has 0 saturated heterocycles. The first kappa shape index (κ1) is 14.4. The van der Waals surface area contributed by atoms with Crippen molar-refractivity contribution in [2.75, 3.05) is 13.6 Å². The van der Waals surface area contributed by atoms with Crippen LogP contribution in [0.1, 0.15) is 24.3 Å². The molecule has 1 aromatic rings. The largest absolute Gasteiger partial charge is 0.344 e. The van der Waals surface area contributed by atoms with Crippen molar-refractivity contribution in [3.05, 3.63) is 23.0 Å². The molecule has 98 valence electrons. The third-order valence-corrected chi connectivity index (χ3v) is 2.63. The Morgan fingerprint density at radius 2 is 2.11 bits per heavy atom. The number of halogens is 1. The average molecular weight is 271 g/mol. The maximum atomic E-state index is 11.8. The maximum absolute atomic E-state index is 11.8. The van der Waals surface area contributed by atoms with E-state index in [1.165, 1.54) is 17.0 Å². The molecule has 1 rings (SSSR count). The zero-order chi connectivity index (χ0) is 13.7. The van der Waals surface area contributed by atoms with Crippen molar-refractivity contribution in [1.29, 1.82) is 0 Å². The summed E-state index contributed by atoms with van der Waals surface area (Å²) in [7, 11) is 1.67. The van der Waals surface area contributed by atoms with Crippen molar-refractivity contribution in [1.82, 2.24) is 20.4 Å². The van der Waals surface area contributed by atoms with Crippen molar-refractivity contribution in [3.63, 3.8) is 0 Å². The lowest BCUT2D eigenvalue weighted by atomic mass is 10.2. The normalized spacial score (nSPS) is 11.8. The van der Waals surface area contributed by atoms with Crippen LogP contribution in [0, 0.1) is 0 Å². The van der Waals surface area contributed by atoms with Gasteiger partial charge in [-0.25, -0.2) is 0 Å². The standard InChI is InChI=1S/C11H15ClN4O2/c1-4-16(3)11(18)7(2)13-10(17)8-5-6-9(12)15-14-8/h5-7H,4H2,1-3H3,(H,13,17). The first-order valence-electron chi connectivity index (χ1n) is 5.50. The molecule has 0 aromatic carbocycles. The smallest absolute Gasteiger partial charge is 0.272 e. The number of likely N-dealkylation sites (N-methyl/N-ethyl adjacent to an activating group) is 1. The van der Waals surface area contributed by atoms with E-state index in [-0.39, 0.29) is 16.8 Å². The van der Waals surface area contributed by atoms with Gasteiger partial charge in [0.2, 0.25) is 5.91 Å². The Hall–Kier alpha value is -1.69. The van der Waals surface area contributed by atoms with Gasteiger partial charge in [-0.05, 0) is 26.0 Å². The average Bonchev–Trinajstić information content (AvgIpc) is 2.37. The number of amides is 2. The highest BCUT2D eigenvalue weighted by Gasteiger charge is 2.19. The van der Waals surface area contributed by atoms with Gasteiger partial charge >= 0.3 is 0 Å². The number of rotatable bonds is 4. The van der Waals surface area contributed by atoms with E-state index in [9.17, 15) is 9.59 Å². The lowest BCUT2D eigenvalue weighted by molar-refractivity contribution is -0.131. The maximum Gasteiger partial charge on any atom is 0.272 e. The van der Waals surface area contributed by atoms with Crippen molar-refractivity contribution < 1.29 is 9.59 Å². The van der Waals surface area contributed by atoms with Gasteiger partial charge in [-0.15, -0.1) is 10.2 Å². The van der Waals surface area contributed by atoms with Crippen LogP contribution in [0.2, 0.25) is 5.15 Å². The fourth-order valence-corrected chi connectivity index (χ4v) is 1.36. The summed E-state index contributed by atoms with van der Waals surface area (Å²) in [4.78, 5) is 25.0. The summed E-state index contributed by atoms with van der Waals surface area (Å²) in [5, 5.41) is 9.96. The van der Waals surface area contributed by atoms with Gasteiger partial charge in [-0.1, -0.05) is 11.6 Å². The minimum absolute atomic E-state index is 0.123. The van der Waals surface area contributed by atoms with Crippen molar-refractivity contribution in [2.45, 2.75) is 19.9 Å². The van der Waals surface area contributed by atoms with Gasteiger partial charge in [0.15, 0.2) is 10.8 Å². The topological polar surface area (TPSA) is 75.2 Å². The first-order chi connectivity index (χ1) is 8.45. The number of carbonyl (C=O) groups excluding carboxylic acids is 2. The van der Waals surface area contributed by atoms with E-state index in [0.717, 1.165) is 0 Å². The molecule has 0 aliphatic rings. The highest BCUT2D eigenvalue weighted by Crippen LogP contribution is 2.02. The lowest BCUT2D eigenvalue weighted by Gasteiger charge is -2.20. The van der Waals surface area contributed by atoms with Crippen LogP contribution in [0.3, 0.4) is 0 Å². The van der Waals surface area contributed by atoms with Gasteiger partial charge in [-0.2, -0.15) is 0 Å².